The Morgan fingerprint density at radius 1 is 0.805 bits per heavy atom. The Labute approximate surface area is 245 Å². The van der Waals surface area contributed by atoms with Crippen molar-refractivity contribution in [3.63, 3.8) is 0 Å². The number of carboxylic acid groups (broad SMARTS) is 1. The zero-order valence-corrected chi connectivity index (χ0v) is 23.8. The van der Waals surface area contributed by atoms with Crippen LogP contribution in [0.4, 0.5) is 0 Å². The van der Waals surface area contributed by atoms with Crippen LogP contribution < -0.4 is 10.6 Å². The molecule has 5 rings (SSSR count). The Balaban J connectivity index is 0.994. The summed E-state index contributed by atoms with van der Waals surface area (Å²) >= 11 is 6.54. The third-order valence-electron chi connectivity index (χ3n) is 7.34. The maximum absolute atomic E-state index is 11.4. The average molecular weight is 567 g/mol. The number of unbranched alkanes of at least 4 members (excludes halogenated alkanes) is 2. The third kappa shape index (κ3) is 7.47. The largest absolute Gasteiger partial charge is 0.478 e. The monoisotopic (exact) mass is 566 g/mol. The molecule has 3 aromatic carbocycles. The summed E-state index contributed by atoms with van der Waals surface area (Å²) in [7, 11) is 0. The zero-order chi connectivity index (χ0) is 28.4. The molecular weight excluding hydrogens is 532 g/mol. The number of aryl methyl sites for hydroxylation is 1. The Hall–Kier alpha value is -3.84. The smallest absolute Gasteiger partial charge is 0.335 e. The molecule has 0 amide bonds. The highest BCUT2D eigenvalue weighted by atomic mass is 35.5. The number of nitrogens with zero attached hydrogens (tertiary/aromatic N) is 2. The molecule has 6 nitrogen and oxygen atoms in total. The summed E-state index contributed by atoms with van der Waals surface area (Å²) in [5.74, 6) is -0.942. The highest BCUT2D eigenvalue weighted by Gasteiger charge is 2.11. The normalized spacial score (nSPS) is 11.3. The molecule has 0 saturated carbocycles. The van der Waals surface area contributed by atoms with Gasteiger partial charge in [-0.2, -0.15) is 0 Å². The van der Waals surface area contributed by atoms with E-state index in [1.165, 1.54) is 5.56 Å². The quantitative estimate of drug-likeness (QED) is 0.0966. The van der Waals surface area contributed by atoms with Gasteiger partial charge in [0, 0.05) is 51.4 Å². The van der Waals surface area contributed by atoms with Gasteiger partial charge in [-0.25, -0.2) is 4.79 Å². The van der Waals surface area contributed by atoms with Crippen molar-refractivity contribution < 1.29 is 9.90 Å². The van der Waals surface area contributed by atoms with Crippen LogP contribution in [0.2, 0.25) is 5.02 Å². The van der Waals surface area contributed by atoms with Crippen molar-refractivity contribution in [3.05, 3.63) is 107 Å². The Morgan fingerprint density at radius 3 is 2.37 bits per heavy atom. The molecule has 2 aromatic heterocycles. The van der Waals surface area contributed by atoms with Gasteiger partial charge in [0.2, 0.25) is 0 Å². The SMILES string of the molecule is O=C(O)c1ccc2c(c1)nc(CCCCNCCCCNCc1ccc(-c3ccccc3)c(Cl)c1)c1ccncc12. The van der Waals surface area contributed by atoms with Gasteiger partial charge >= 0.3 is 5.97 Å². The summed E-state index contributed by atoms with van der Waals surface area (Å²) in [6.07, 6.45) is 8.77. The lowest BCUT2D eigenvalue weighted by Gasteiger charge is -2.10. The maximum Gasteiger partial charge on any atom is 0.335 e. The lowest BCUT2D eigenvalue weighted by Crippen LogP contribution is -2.19. The van der Waals surface area contributed by atoms with E-state index in [1.54, 1.807) is 18.3 Å². The van der Waals surface area contributed by atoms with E-state index in [0.717, 1.165) is 96.3 Å². The fourth-order valence-electron chi connectivity index (χ4n) is 5.16. The number of aromatic nitrogens is 2. The minimum absolute atomic E-state index is 0.250. The van der Waals surface area contributed by atoms with E-state index in [1.807, 2.05) is 36.5 Å². The van der Waals surface area contributed by atoms with Gasteiger partial charge in [-0.3, -0.25) is 9.97 Å². The predicted molar refractivity (Wildman–Crippen MR) is 168 cm³/mol. The van der Waals surface area contributed by atoms with E-state index in [-0.39, 0.29) is 5.56 Å². The van der Waals surface area contributed by atoms with Crippen LogP contribution in [0.1, 0.15) is 47.3 Å². The molecule has 0 saturated heterocycles. The van der Waals surface area contributed by atoms with Gasteiger partial charge in [-0.05, 0) is 87.1 Å². The molecule has 210 valence electrons. The van der Waals surface area contributed by atoms with Crippen LogP contribution in [0.25, 0.3) is 32.8 Å². The van der Waals surface area contributed by atoms with Crippen molar-refractivity contribution in [2.45, 2.75) is 38.6 Å². The number of hydrogen-bond acceptors (Lipinski definition) is 5. The molecule has 0 radical (unpaired) electrons. The van der Waals surface area contributed by atoms with Gasteiger partial charge in [0.05, 0.1) is 11.1 Å². The van der Waals surface area contributed by atoms with Gasteiger partial charge in [0.1, 0.15) is 0 Å². The molecule has 0 fully saturated rings. The molecule has 0 bridgehead atoms. The van der Waals surface area contributed by atoms with E-state index in [4.69, 9.17) is 16.6 Å². The fourth-order valence-corrected chi connectivity index (χ4v) is 5.47. The number of rotatable bonds is 14. The van der Waals surface area contributed by atoms with Gasteiger partial charge in [-0.1, -0.05) is 60.1 Å². The molecule has 0 aliphatic carbocycles. The number of pyridine rings is 2. The molecule has 3 N–H and O–H groups in total. The first-order valence-corrected chi connectivity index (χ1v) is 14.6. The van der Waals surface area contributed by atoms with Gasteiger partial charge in [-0.15, -0.1) is 0 Å². The third-order valence-corrected chi connectivity index (χ3v) is 7.66. The minimum atomic E-state index is -0.942. The van der Waals surface area contributed by atoms with Crippen LogP contribution >= 0.6 is 11.6 Å². The first-order valence-electron chi connectivity index (χ1n) is 14.2. The molecular formula is C34H35ClN4O2. The predicted octanol–water partition coefficient (Wildman–Crippen LogP) is 7.28. The Morgan fingerprint density at radius 2 is 1.59 bits per heavy atom. The first-order chi connectivity index (χ1) is 20.1. The minimum Gasteiger partial charge on any atom is -0.478 e. The van der Waals surface area contributed by atoms with Crippen LogP contribution in [-0.2, 0) is 13.0 Å². The molecule has 0 spiro atoms. The summed E-state index contributed by atoms with van der Waals surface area (Å²) in [6, 6.07) is 23.6. The lowest BCUT2D eigenvalue weighted by atomic mass is 10.0. The molecule has 2 heterocycles. The second-order valence-corrected chi connectivity index (χ2v) is 10.7. The van der Waals surface area contributed by atoms with E-state index < -0.39 is 5.97 Å². The number of halogens is 1. The number of aromatic carboxylic acids is 1. The van der Waals surface area contributed by atoms with Gasteiger partial charge < -0.3 is 15.7 Å². The van der Waals surface area contributed by atoms with Crippen molar-refractivity contribution in [1.29, 1.82) is 0 Å². The summed E-state index contributed by atoms with van der Waals surface area (Å²) in [6.45, 7) is 3.75. The van der Waals surface area contributed by atoms with Crippen LogP contribution in [-0.4, -0.2) is 40.7 Å². The molecule has 0 unspecified atom stereocenters. The van der Waals surface area contributed by atoms with E-state index >= 15 is 0 Å². The summed E-state index contributed by atoms with van der Waals surface area (Å²) in [5.41, 5.74) is 5.35. The van der Waals surface area contributed by atoms with Crippen LogP contribution in [0, 0.1) is 0 Å². The lowest BCUT2D eigenvalue weighted by molar-refractivity contribution is 0.0697. The van der Waals surface area contributed by atoms with Crippen LogP contribution in [0.3, 0.4) is 0 Å². The standard InChI is InChI=1S/C34H35ClN4O2/c35-31-20-24(11-13-27(31)25-8-2-1-3-9-25)22-37-18-7-6-17-36-16-5-4-10-32-29-15-19-38-23-30(29)28-14-12-26(34(40)41)21-33(28)39-32/h1-3,8-9,11-15,19-21,23,36-37H,4-7,10,16-18,22H2,(H,40,41). The van der Waals surface area contributed by atoms with Crippen molar-refractivity contribution >= 4 is 39.2 Å². The maximum atomic E-state index is 11.4. The Kier molecular flexibility index (Phi) is 9.91. The average Bonchev–Trinajstić information content (AvgIpc) is 3.00. The number of hydrogen-bond donors (Lipinski definition) is 3. The van der Waals surface area contributed by atoms with E-state index in [9.17, 15) is 9.90 Å². The number of fused-ring (bicyclic) bond motifs is 3. The van der Waals surface area contributed by atoms with E-state index in [0.29, 0.717) is 5.52 Å². The Bertz CT molecular complexity index is 1620. The summed E-state index contributed by atoms with van der Waals surface area (Å²) < 4.78 is 0. The highest BCUT2D eigenvalue weighted by molar-refractivity contribution is 6.33. The number of carboxylic acids is 1. The van der Waals surface area contributed by atoms with Crippen LogP contribution in [0.15, 0.2) is 85.2 Å². The molecule has 41 heavy (non-hydrogen) atoms. The number of carbonyl (C=O) groups is 1. The molecule has 0 atom stereocenters. The molecule has 5 aromatic rings. The zero-order valence-electron chi connectivity index (χ0n) is 23.1. The van der Waals surface area contributed by atoms with E-state index in [2.05, 4.69) is 45.9 Å². The second kappa shape index (κ2) is 14.2. The van der Waals surface area contributed by atoms with Crippen molar-refractivity contribution in [2.75, 3.05) is 19.6 Å². The van der Waals surface area contributed by atoms with Crippen molar-refractivity contribution in [1.82, 2.24) is 20.6 Å². The van der Waals surface area contributed by atoms with Crippen LogP contribution in [0.5, 0.6) is 0 Å². The second-order valence-electron chi connectivity index (χ2n) is 10.3. The number of nitrogens with one attached hydrogen (secondary N) is 2. The highest BCUT2D eigenvalue weighted by Crippen LogP contribution is 2.29. The number of benzene rings is 3. The van der Waals surface area contributed by atoms with Gasteiger partial charge in [0.25, 0.3) is 0 Å². The summed E-state index contributed by atoms with van der Waals surface area (Å²) in [4.78, 5) is 20.6. The van der Waals surface area contributed by atoms with Crippen molar-refractivity contribution in [2.24, 2.45) is 0 Å². The molecule has 0 aliphatic rings. The first kappa shape index (κ1) is 28.7. The topological polar surface area (TPSA) is 87.1 Å². The van der Waals surface area contributed by atoms with Gasteiger partial charge in [0.15, 0.2) is 0 Å². The fraction of sp³-hybridized carbons (Fsp3) is 0.265. The molecule has 7 heteroatoms. The molecule has 0 aliphatic heterocycles. The summed E-state index contributed by atoms with van der Waals surface area (Å²) in [5, 5.41) is 20.3. The van der Waals surface area contributed by atoms with Crippen molar-refractivity contribution in [3.8, 4) is 11.1 Å².